The van der Waals surface area contributed by atoms with Crippen LogP contribution < -0.4 is 9.62 Å². The lowest BCUT2D eigenvalue weighted by molar-refractivity contribution is 0.187. The van der Waals surface area contributed by atoms with E-state index in [4.69, 9.17) is 0 Å². The highest BCUT2D eigenvalue weighted by Crippen LogP contribution is 2.25. The number of piperazine rings is 1. The maximum absolute atomic E-state index is 12.3. The van der Waals surface area contributed by atoms with Crippen molar-refractivity contribution in [3.05, 3.63) is 59.8 Å². The summed E-state index contributed by atoms with van der Waals surface area (Å²) in [5.74, 6) is 0.969. The van der Waals surface area contributed by atoms with Gasteiger partial charge in [0, 0.05) is 45.0 Å². The first-order chi connectivity index (χ1) is 14.1. The first-order valence-electron chi connectivity index (χ1n) is 10.5. The van der Waals surface area contributed by atoms with E-state index in [1.165, 1.54) is 25.7 Å². The van der Waals surface area contributed by atoms with E-state index >= 15 is 0 Å². The number of sulfonamides is 1. The van der Waals surface area contributed by atoms with Crippen molar-refractivity contribution in [1.82, 2.24) is 14.6 Å². The van der Waals surface area contributed by atoms with Gasteiger partial charge in [0.05, 0.1) is 5.75 Å². The average Bonchev–Trinajstić information content (AvgIpc) is 3.28. The molecule has 29 heavy (non-hydrogen) atoms. The number of aromatic nitrogens is 1. The van der Waals surface area contributed by atoms with Crippen molar-refractivity contribution >= 4 is 15.8 Å². The van der Waals surface area contributed by atoms with Crippen LogP contribution in [0.25, 0.3) is 0 Å². The molecule has 2 fully saturated rings. The molecule has 0 spiro atoms. The van der Waals surface area contributed by atoms with Crippen molar-refractivity contribution in [3.63, 3.8) is 0 Å². The lowest BCUT2D eigenvalue weighted by Crippen LogP contribution is -2.50. The molecule has 156 valence electrons. The van der Waals surface area contributed by atoms with Gasteiger partial charge in [0.1, 0.15) is 5.82 Å². The summed E-state index contributed by atoms with van der Waals surface area (Å²) in [5, 5.41) is 0. The zero-order valence-corrected chi connectivity index (χ0v) is 17.7. The Morgan fingerprint density at radius 1 is 0.931 bits per heavy atom. The first kappa shape index (κ1) is 20.3. The summed E-state index contributed by atoms with van der Waals surface area (Å²) in [5.41, 5.74) is 1.65. The number of anilines is 1. The molecular weight excluding hydrogens is 384 g/mol. The zero-order valence-electron chi connectivity index (χ0n) is 16.8. The van der Waals surface area contributed by atoms with Crippen LogP contribution in [0, 0.1) is 0 Å². The van der Waals surface area contributed by atoms with Gasteiger partial charge in [0.2, 0.25) is 10.0 Å². The lowest BCUT2D eigenvalue weighted by Gasteiger charge is -2.38. The first-order valence-corrected chi connectivity index (χ1v) is 12.2. The molecule has 7 heteroatoms. The molecule has 1 saturated heterocycles. The fourth-order valence-corrected chi connectivity index (χ4v) is 5.45. The van der Waals surface area contributed by atoms with Crippen LogP contribution in [0.15, 0.2) is 48.7 Å². The molecule has 0 bridgehead atoms. The number of pyridine rings is 1. The molecule has 1 aliphatic heterocycles. The molecule has 1 N–H and O–H groups in total. The molecule has 2 heterocycles. The van der Waals surface area contributed by atoms with Gasteiger partial charge in [-0.3, -0.25) is 4.90 Å². The highest BCUT2D eigenvalue weighted by molar-refractivity contribution is 7.88. The predicted octanol–water partition coefficient (Wildman–Crippen LogP) is 2.77. The second-order valence-electron chi connectivity index (χ2n) is 8.05. The minimum absolute atomic E-state index is 0.00930. The van der Waals surface area contributed by atoms with Crippen LogP contribution in [-0.2, 0) is 22.3 Å². The predicted molar refractivity (Wildman–Crippen MR) is 116 cm³/mol. The second kappa shape index (κ2) is 9.24. The minimum Gasteiger partial charge on any atom is -0.354 e. The molecule has 2 aromatic rings. The Morgan fingerprint density at radius 3 is 2.31 bits per heavy atom. The molecule has 2 aliphatic rings. The third-order valence-corrected chi connectivity index (χ3v) is 7.28. The number of hydrogen-bond acceptors (Lipinski definition) is 5. The number of hydrogen-bond donors (Lipinski definition) is 1. The zero-order chi connectivity index (χ0) is 20.1. The maximum atomic E-state index is 12.3. The molecule has 1 aromatic carbocycles. The van der Waals surface area contributed by atoms with Gasteiger partial charge in [-0.25, -0.2) is 18.1 Å². The van der Waals surface area contributed by atoms with Gasteiger partial charge in [-0.1, -0.05) is 49.2 Å². The standard InChI is InChI=1S/C22H30N4O2S/c27-29(28,18-19-6-2-1-3-7-19)24-17-20-10-11-22(23-16-20)26-14-12-25(13-15-26)21-8-4-5-9-21/h1-3,6-7,10-11,16,21,24H,4-5,8-9,12-15,17-18H2. The van der Waals surface area contributed by atoms with Crippen LogP contribution in [0.1, 0.15) is 36.8 Å². The maximum Gasteiger partial charge on any atom is 0.216 e. The van der Waals surface area contributed by atoms with Crippen molar-refractivity contribution in [2.24, 2.45) is 0 Å². The summed E-state index contributed by atoms with van der Waals surface area (Å²) in [7, 11) is -3.37. The van der Waals surface area contributed by atoms with E-state index in [2.05, 4.69) is 19.5 Å². The highest BCUT2D eigenvalue weighted by Gasteiger charge is 2.26. The second-order valence-corrected chi connectivity index (χ2v) is 9.86. The van der Waals surface area contributed by atoms with Crippen molar-refractivity contribution in [2.45, 2.75) is 44.0 Å². The van der Waals surface area contributed by atoms with E-state index in [0.29, 0.717) is 0 Å². The summed E-state index contributed by atoms with van der Waals surface area (Å²) in [6.45, 7) is 4.48. The van der Waals surface area contributed by atoms with E-state index in [9.17, 15) is 8.42 Å². The summed E-state index contributed by atoms with van der Waals surface area (Å²) in [4.78, 5) is 9.55. The van der Waals surface area contributed by atoms with Gasteiger partial charge in [-0.2, -0.15) is 0 Å². The molecule has 1 aliphatic carbocycles. The number of nitrogens with one attached hydrogen (secondary N) is 1. The molecule has 0 unspecified atom stereocenters. The van der Waals surface area contributed by atoms with Crippen LogP contribution in [0.3, 0.4) is 0 Å². The molecule has 0 radical (unpaired) electrons. The van der Waals surface area contributed by atoms with E-state index in [1.54, 1.807) is 6.20 Å². The minimum atomic E-state index is -3.37. The Kier molecular flexibility index (Phi) is 6.47. The third-order valence-electron chi connectivity index (χ3n) is 5.98. The smallest absolute Gasteiger partial charge is 0.216 e. The summed E-state index contributed by atoms with van der Waals surface area (Å²) < 4.78 is 27.2. The molecular formula is C22H30N4O2S. The van der Waals surface area contributed by atoms with Crippen LogP contribution in [0.5, 0.6) is 0 Å². The van der Waals surface area contributed by atoms with Gasteiger partial charge in [-0.05, 0) is 30.0 Å². The largest absolute Gasteiger partial charge is 0.354 e. The fourth-order valence-electron chi connectivity index (χ4n) is 4.33. The summed E-state index contributed by atoms with van der Waals surface area (Å²) in [6.07, 6.45) is 7.25. The van der Waals surface area contributed by atoms with E-state index < -0.39 is 10.0 Å². The fraction of sp³-hybridized carbons (Fsp3) is 0.500. The summed E-state index contributed by atoms with van der Waals surface area (Å²) in [6, 6.07) is 14.0. The van der Waals surface area contributed by atoms with Crippen molar-refractivity contribution < 1.29 is 8.42 Å². The SMILES string of the molecule is O=S(=O)(Cc1ccccc1)NCc1ccc(N2CCN(C3CCCC3)CC2)nc1. The topological polar surface area (TPSA) is 65.5 Å². The average molecular weight is 415 g/mol. The third kappa shape index (κ3) is 5.56. The molecule has 6 nitrogen and oxygen atoms in total. The number of benzene rings is 1. The van der Waals surface area contributed by atoms with Gasteiger partial charge in [-0.15, -0.1) is 0 Å². The van der Waals surface area contributed by atoms with Gasteiger partial charge in [0.15, 0.2) is 0 Å². The van der Waals surface area contributed by atoms with Gasteiger partial charge in [0.25, 0.3) is 0 Å². The van der Waals surface area contributed by atoms with Crippen LogP contribution in [0.4, 0.5) is 5.82 Å². The summed E-state index contributed by atoms with van der Waals surface area (Å²) >= 11 is 0. The lowest BCUT2D eigenvalue weighted by atomic mass is 10.2. The Hall–Kier alpha value is -1.96. The molecule has 0 atom stereocenters. The van der Waals surface area contributed by atoms with E-state index in [1.807, 2.05) is 42.5 Å². The quantitative estimate of drug-likeness (QED) is 0.755. The van der Waals surface area contributed by atoms with Gasteiger partial charge < -0.3 is 4.90 Å². The van der Waals surface area contributed by atoms with Crippen molar-refractivity contribution in [2.75, 3.05) is 31.1 Å². The van der Waals surface area contributed by atoms with Crippen LogP contribution in [-0.4, -0.2) is 50.5 Å². The van der Waals surface area contributed by atoms with Crippen molar-refractivity contribution in [1.29, 1.82) is 0 Å². The normalized spacial score (nSPS) is 19.0. The Labute approximate surface area is 174 Å². The van der Waals surface area contributed by atoms with E-state index in [-0.39, 0.29) is 12.3 Å². The van der Waals surface area contributed by atoms with Crippen LogP contribution in [0.2, 0.25) is 0 Å². The Bertz CT molecular complexity index is 873. The molecule has 0 amide bonds. The van der Waals surface area contributed by atoms with E-state index in [0.717, 1.165) is 49.2 Å². The van der Waals surface area contributed by atoms with Crippen LogP contribution >= 0.6 is 0 Å². The highest BCUT2D eigenvalue weighted by atomic mass is 32.2. The Balaban J connectivity index is 1.27. The number of nitrogens with zero attached hydrogens (tertiary/aromatic N) is 3. The Morgan fingerprint density at radius 2 is 1.66 bits per heavy atom. The molecule has 1 saturated carbocycles. The van der Waals surface area contributed by atoms with Crippen molar-refractivity contribution in [3.8, 4) is 0 Å². The van der Waals surface area contributed by atoms with Gasteiger partial charge >= 0.3 is 0 Å². The number of rotatable bonds is 7. The molecule has 1 aromatic heterocycles. The molecule has 4 rings (SSSR count). The monoisotopic (exact) mass is 414 g/mol.